The Morgan fingerprint density at radius 1 is 1.33 bits per heavy atom. The van der Waals surface area contributed by atoms with Gasteiger partial charge in [0.1, 0.15) is 5.75 Å². The van der Waals surface area contributed by atoms with Crippen LogP contribution in [0.3, 0.4) is 0 Å². The van der Waals surface area contributed by atoms with Crippen LogP contribution in [-0.4, -0.2) is 40.7 Å². The Hall–Kier alpha value is -2.30. The average molecular weight is 327 g/mol. The molecule has 1 aromatic carbocycles. The molecule has 1 atom stereocenters. The number of nitrogens with one attached hydrogen (secondary N) is 1. The van der Waals surface area contributed by atoms with Crippen LogP contribution in [0.25, 0.3) is 0 Å². The molecule has 0 spiro atoms. The van der Waals surface area contributed by atoms with Gasteiger partial charge in [-0.15, -0.1) is 0 Å². The van der Waals surface area contributed by atoms with Crippen molar-refractivity contribution in [3.63, 3.8) is 0 Å². The first-order valence-electron chi connectivity index (χ1n) is 8.69. The van der Waals surface area contributed by atoms with Crippen LogP contribution in [0.4, 0.5) is 0 Å². The van der Waals surface area contributed by atoms with Crippen molar-refractivity contribution < 1.29 is 9.53 Å². The number of aromatic nitrogens is 2. The summed E-state index contributed by atoms with van der Waals surface area (Å²) >= 11 is 0. The summed E-state index contributed by atoms with van der Waals surface area (Å²) in [6.45, 7) is 4.28. The molecule has 5 nitrogen and oxygen atoms in total. The van der Waals surface area contributed by atoms with Crippen molar-refractivity contribution in [3.8, 4) is 5.75 Å². The molecule has 1 saturated heterocycles. The Bertz CT molecular complexity index is 637. The summed E-state index contributed by atoms with van der Waals surface area (Å²) in [5.74, 6) is 1.48. The number of benzene rings is 1. The number of hydrogen-bond donors (Lipinski definition) is 1. The van der Waals surface area contributed by atoms with Crippen LogP contribution >= 0.6 is 0 Å². The van der Waals surface area contributed by atoms with Crippen LogP contribution < -0.4 is 4.74 Å². The first-order chi connectivity index (χ1) is 11.7. The minimum atomic E-state index is 0.228. The van der Waals surface area contributed by atoms with Gasteiger partial charge in [0, 0.05) is 37.3 Å². The first-order valence-corrected chi connectivity index (χ1v) is 8.69. The summed E-state index contributed by atoms with van der Waals surface area (Å²) in [4.78, 5) is 14.4. The molecule has 0 bridgehead atoms. The standard InChI is InChI=1S/C19H25N3O2/c1-15-6-8-17(9-7-15)24-13-3-5-19(23)22-12-2-4-16(14-22)18-10-11-20-21-18/h6-11,16H,2-5,12-14H2,1H3,(H,20,21). The number of H-pyrrole nitrogens is 1. The predicted octanol–water partition coefficient (Wildman–Crippen LogP) is 3.28. The molecule has 2 aromatic rings. The van der Waals surface area contributed by atoms with E-state index in [0.29, 0.717) is 18.9 Å². The first kappa shape index (κ1) is 16.6. The van der Waals surface area contributed by atoms with Gasteiger partial charge in [0.15, 0.2) is 0 Å². The zero-order valence-corrected chi connectivity index (χ0v) is 14.2. The van der Waals surface area contributed by atoms with E-state index in [-0.39, 0.29) is 5.91 Å². The Balaban J connectivity index is 1.40. The molecule has 1 fully saturated rings. The molecule has 3 rings (SSSR count). The van der Waals surface area contributed by atoms with Gasteiger partial charge >= 0.3 is 0 Å². The van der Waals surface area contributed by atoms with Gasteiger partial charge in [0.25, 0.3) is 0 Å². The van der Waals surface area contributed by atoms with Gasteiger partial charge in [0.05, 0.1) is 6.61 Å². The Kier molecular flexibility index (Phi) is 5.51. The number of carbonyl (C=O) groups is 1. The number of aryl methyl sites for hydroxylation is 1. The van der Waals surface area contributed by atoms with Crippen LogP contribution in [0.2, 0.25) is 0 Å². The number of aromatic amines is 1. The van der Waals surface area contributed by atoms with Crippen molar-refractivity contribution in [2.75, 3.05) is 19.7 Å². The van der Waals surface area contributed by atoms with Gasteiger partial charge in [-0.1, -0.05) is 17.7 Å². The van der Waals surface area contributed by atoms with Gasteiger partial charge in [-0.2, -0.15) is 5.10 Å². The van der Waals surface area contributed by atoms with E-state index >= 15 is 0 Å². The second kappa shape index (κ2) is 7.99. The second-order valence-corrected chi connectivity index (χ2v) is 6.46. The third-order valence-electron chi connectivity index (χ3n) is 4.56. The molecular weight excluding hydrogens is 302 g/mol. The molecule has 0 radical (unpaired) electrons. The fourth-order valence-corrected chi connectivity index (χ4v) is 3.16. The van der Waals surface area contributed by atoms with Crippen molar-refractivity contribution in [2.45, 2.75) is 38.5 Å². The van der Waals surface area contributed by atoms with E-state index < -0.39 is 0 Å². The maximum atomic E-state index is 12.4. The fourth-order valence-electron chi connectivity index (χ4n) is 3.16. The summed E-state index contributed by atoms with van der Waals surface area (Å²) < 4.78 is 5.69. The number of nitrogens with zero attached hydrogens (tertiary/aromatic N) is 2. The van der Waals surface area contributed by atoms with Gasteiger partial charge in [-0.3, -0.25) is 9.89 Å². The van der Waals surface area contributed by atoms with E-state index in [1.165, 1.54) is 5.56 Å². The van der Waals surface area contributed by atoms with Crippen LogP contribution in [0.1, 0.15) is 42.9 Å². The lowest BCUT2D eigenvalue weighted by molar-refractivity contribution is -0.132. The molecule has 128 valence electrons. The quantitative estimate of drug-likeness (QED) is 0.828. The highest BCUT2D eigenvalue weighted by Crippen LogP contribution is 2.25. The fraction of sp³-hybridized carbons (Fsp3) is 0.474. The van der Waals surface area contributed by atoms with Crippen LogP contribution in [0.5, 0.6) is 5.75 Å². The molecule has 2 heterocycles. The topological polar surface area (TPSA) is 58.2 Å². The van der Waals surface area contributed by atoms with E-state index in [1.807, 2.05) is 35.2 Å². The lowest BCUT2D eigenvalue weighted by atomic mass is 9.94. The zero-order chi connectivity index (χ0) is 16.8. The number of carbonyl (C=O) groups excluding carboxylic acids is 1. The van der Waals surface area contributed by atoms with Crippen molar-refractivity contribution >= 4 is 5.91 Å². The molecule has 24 heavy (non-hydrogen) atoms. The number of likely N-dealkylation sites (tertiary alicyclic amines) is 1. The lowest BCUT2D eigenvalue weighted by Gasteiger charge is -2.32. The summed E-state index contributed by atoms with van der Waals surface area (Å²) in [5, 5.41) is 7.05. The van der Waals surface area contributed by atoms with Crippen LogP contribution in [0, 0.1) is 6.92 Å². The number of amides is 1. The maximum Gasteiger partial charge on any atom is 0.222 e. The normalized spacial score (nSPS) is 17.7. The zero-order valence-electron chi connectivity index (χ0n) is 14.2. The molecule has 1 aliphatic heterocycles. The second-order valence-electron chi connectivity index (χ2n) is 6.46. The summed E-state index contributed by atoms with van der Waals surface area (Å²) in [6, 6.07) is 10.0. The highest BCUT2D eigenvalue weighted by Gasteiger charge is 2.25. The van der Waals surface area contributed by atoms with Gasteiger partial charge in [-0.05, 0) is 44.4 Å². The van der Waals surface area contributed by atoms with Crippen molar-refractivity contribution in [2.24, 2.45) is 0 Å². The molecule has 0 aliphatic carbocycles. The van der Waals surface area contributed by atoms with Crippen LogP contribution in [0.15, 0.2) is 36.5 Å². The summed E-state index contributed by atoms with van der Waals surface area (Å²) in [5.41, 5.74) is 2.35. The van der Waals surface area contributed by atoms with E-state index in [9.17, 15) is 4.79 Å². The molecular formula is C19H25N3O2. The average Bonchev–Trinajstić information content (AvgIpc) is 3.15. The SMILES string of the molecule is Cc1ccc(OCCCC(=O)N2CCCC(c3ccn[nH]3)C2)cc1. The smallest absolute Gasteiger partial charge is 0.222 e. The Morgan fingerprint density at radius 3 is 2.92 bits per heavy atom. The van der Waals surface area contributed by atoms with Gasteiger partial charge in [0.2, 0.25) is 5.91 Å². The van der Waals surface area contributed by atoms with Crippen LogP contribution in [-0.2, 0) is 4.79 Å². The van der Waals surface area contributed by atoms with E-state index in [1.54, 1.807) is 6.20 Å². The monoisotopic (exact) mass is 327 g/mol. The van der Waals surface area contributed by atoms with Crippen molar-refractivity contribution in [3.05, 3.63) is 47.8 Å². The molecule has 0 saturated carbocycles. The molecule has 1 amide bonds. The highest BCUT2D eigenvalue weighted by atomic mass is 16.5. The van der Waals surface area contributed by atoms with Gasteiger partial charge in [-0.25, -0.2) is 0 Å². The number of piperidine rings is 1. The third kappa shape index (κ3) is 4.37. The molecule has 1 unspecified atom stereocenters. The largest absolute Gasteiger partial charge is 0.494 e. The minimum Gasteiger partial charge on any atom is -0.494 e. The maximum absolute atomic E-state index is 12.4. The number of rotatable bonds is 6. The third-order valence-corrected chi connectivity index (χ3v) is 4.56. The Labute approximate surface area is 143 Å². The van der Waals surface area contributed by atoms with E-state index in [0.717, 1.165) is 43.8 Å². The molecule has 5 heteroatoms. The Morgan fingerprint density at radius 2 is 2.17 bits per heavy atom. The van der Waals surface area contributed by atoms with Gasteiger partial charge < -0.3 is 9.64 Å². The predicted molar refractivity (Wildman–Crippen MR) is 93.1 cm³/mol. The summed E-state index contributed by atoms with van der Waals surface area (Å²) in [6.07, 6.45) is 5.23. The number of hydrogen-bond acceptors (Lipinski definition) is 3. The van der Waals surface area contributed by atoms with Crippen molar-refractivity contribution in [1.82, 2.24) is 15.1 Å². The van der Waals surface area contributed by atoms with E-state index in [2.05, 4.69) is 17.1 Å². The highest BCUT2D eigenvalue weighted by molar-refractivity contribution is 5.76. The van der Waals surface area contributed by atoms with E-state index in [4.69, 9.17) is 4.74 Å². The summed E-state index contributed by atoms with van der Waals surface area (Å²) in [7, 11) is 0. The lowest BCUT2D eigenvalue weighted by Crippen LogP contribution is -2.39. The molecule has 1 aromatic heterocycles. The number of ether oxygens (including phenoxy) is 1. The molecule has 1 aliphatic rings. The van der Waals surface area contributed by atoms with Crippen molar-refractivity contribution in [1.29, 1.82) is 0 Å². The minimum absolute atomic E-state index is 0.228. The molecule has 1 N–H and O–H groups in total.